The van der Waals surface area contributed by atoms with Crippen molar-refractivity contribution in [2.75, 3.05) is 11.4 Å². The Balaban J connectivity index is 1.57. The van der Waals surface area contributed by atoms with E-state index >= 15 is 0 Å². The molecule has 8 nitrogen and oxygen atoms in total. The van der Waals surface area contributed by atoms with Gasteiger partial charge in [0.25, 0.3) is 5.69 Å². The molecule has 27 heavy (non-hydrogen) atoms. The Bertz CT molecular complexity index is 891. The van der Waals surface area contributed by atoms with Crippen LogP contribution in [-0.4, -0.2) is 29.5 Å². The lowest BCUT2D eigenvalue weighted by Gasteiger charge is -2.16. The summed E-state index contributed by atoms with van der Waals surface area (Å²) in [4.78, 5) is 36.2. The normalized spacial score (nSPS) is 16.7. The zero-order valence-corrected chi connectivity index (χ0v) is 14.7. The van der Waals surface area contributed by atoms with Gasteiger partial charge in [0, 0.05) is 30.8 Å². The van der Waals surface area contributed by atoms with Crippen molar-refractivity contribution in [3.8, 4) is 0 Å². The smallest absolute Gasteiger partial charge is 0.269 e. The number of nitrogens with one attached hydrogen (secondary N) is 1. The van der Waals surface area contributed by atoms with Gasteiger partial charge in [-0.25, -0.2) is 5.43 Å². The molecule has 8 heteroatoms. The molecule has 0 bridgehead atoms. The summed E-state index contributed by atoms with van der Waals surface area (Å²) in [5, 5.41) is 14.5. The molecule has 2 aromatic carbocycles. The monoisotopic (exact) mass is 366 g/mol. The number of carbonyl (C=O) groups is 2. The zero-order valence-electron chi connectivity index (χ0n) is 14.7. The Morgan fingerprint density at radius 1 is 1.22 bits per heavy atom. The molecule has 0 saturated carbocycles. The van der Waals surface area contributed by atoms with Gasteiger partial charge in [-0.15, -0.1) is 0 Å². The number of benzene rings is 2. The van der Waals surface area contributed by atoms with Crippen LogP contribution >= 0.6 is 0 Å². The van der Waals surface area contributed by atoms with Crippen LogP contribution in [0.15, 0.2) is 53.6 Å². The highest BCUT2D eigenvalue weighted by Gasteiger charge is 2.35. The molecule has 0 aromatic heterocycles. The van der Waals surface area contributed by atoms with E-state index in [2.05, 4.69) is 10.5 Å². The molecular formula is C19H18N4O4. The third-order valence-corrected chi connectivity index (χ3v) is 4.33. The lowest BCUT2D eigenvalue weighted by Crippen LogP contribution is -2.30. The van der Waals surface area contributed by atoms with E-state index in [1.54, 1.807) is 4.90 Å². The Labute approximate surface area is 155 Å². The van der Waals surface area contributed by atoms with Gasteiger partial charge in [0.05, 0.1) is 17.1 Å². The van der Waals surface area contributed by atoms with Gasteiger partial charge < -0.3 is 4.90 Å². The first-order chi connectivity index (χ1) is 12.9. The number of nitrogens with zero attached hydrogens (tertiary/aromatic N) is 3. The second-order valence-electron chi connectivity index (χ2n) is 6.32. The third-order valence-electron chi connectivity index (χ3n) is 4.33. The number of hydrogen-bond donors (Lipinski definition) is 1. The van der Waals surface area contributed by atoms with Crippen molar-refractivity contribution >= 4 is 29.4 Å². The van der Waals surface area contributed by atoms with Crippen LogP contribution in [0.5, 0.6) is 0 Å². The van der Waals surface area contributed by atoms with Crippen molar-refractivity contribution in [1.82, 2.24) is 5.43 Å². The second kappa shape index (κ2) is 7.77. The van der Waals surface area contributed by atoms with Crippen LogP contribution in [0.1, 0.15) is 17.5 Å². The van der Waals surface area contributed by atoms with E-state index in [0.29, 0.717) is 12.1 Å². The molecule has 1 aliphatic rings. The van der Waals surface area contributed by atoms with Gasteiger partial charge in [0.1, 0.15) is 0 Å². The maximum Gasteiger partial charge on any atom is 0.269 e. The predicted octanol–water partition coefficient (Wildman–Crippen LogP) is 2.41. The van der Waals surface area contributed by atoms with Crippen molar-refractivity contribution in [3.05, 3.63) is 69.8 Å². The Morgan fingerprint density at radius 2 is 1.89 bits per heavy atom. The highest BCUT2D eigenvalue weighted by Crippen LogP contribution is 2.25. The van der Waals surface area contributed by atoms with Crippen LogP contribution in [0.4, 0.5) is 11.4 Å². The summed E-state index contributed by atoms with van der Waals surface area (Å²) in [5.41, 5.74) is 4.90. The molecular weight excluding hydrogens is 348 g/mol. The number of carbonyl (C=O) groups excluding carboxylic acids is 2. The first-order valence-corrected chi connectivity index (χ1v) is 8.38. The molecule has 1 heterocycles. The number of hydrazone groups is 1. The van der Waals surface area contributed by atoms with Crippen LogP contribution in [-0.2, 0) is 9.59 Å². The van der Waals surface area contributed by atoms with Crippen molar-refractivity contribution < 1.29 is 14.5 Å². The number of nitro benzene ring substituents is 1. The summed E-state index contributed by atoms with van der Waals surface area (Å²) < 4.78 is 0. The number of non-ortho nitro benzene ring substituents is 1. The molecule has 0 radical (unpaired) electrons. The fraction of sp³-hybridized carbons (Fsp3) is 0.211. The lowest BCUT2D eigenvalue weighted by atomic mass is 10.1. The van der Waals surface area contributed by atoms with E-state index in [0.717, 1.165) is 11.3 Å². The van der Waals surface area contributed by atoms with Gasteiger partial charge in [-0.05, 0) is 36.8 Å². The summed E-state index contributed by atoms with van der Waals surface area (Å²) in [6.07, 6.45) is 1.53. The van der Waals surface area contributed by atoms with Crippen LogP contribution in [0, 0.1) is 23.0 Å². The minimum absolute atomic E-state index is 0.0168. The van der Waals surface area contributed by atoms with Gasteiger partial charge in [-0.3, -0.25) is 19.7 Å². The summed E-state index contributed by atoms with van der Waals surface area (Å²) >= 11 is 0. The Kier molecular flexibility index (Phi) is 5.25. The van der Waals surface area contributed by atoms with Gasteiger partial charge in [-0.2, -0.15) is 5.10 Å². The first kappa shape index (κ1) is 18.2. The highest BCUT2D eigenvalue weighted by atomic mass is 16.6. The van der Waals surface area contributed by atoms with E-state index in [4.69, 9.17) is 0 Å². The molecule has 2 aromatic rings. The van der Waals surface area contributed by atoms with Crippen molar-refractivity contribution in [2.24, 2.45) is 11.0 Å². The lowest BCUT2D eigenvalue weighted by molar-refractivity contribution is -0.384. The number of rotatable bonds is 5. The number of nitro groups is 1. The zero-order chi connectivity index (χ0) is 19.4. The third kappa shape index (κ3) is 4.35. The minimum Gasteiger partial charge on any atom is -0.312 e. The van der Waals surface area contributed by atoms with Crippen LogP contribution in [0.25, 0.3) is 0 Å². The SMILES string of the molecule is Cc1ccc(N2C[C@@H](C(=O)N/N=C\c3ccc([N+](=O)[O-])cc3)CC2=O)cc1. The molecule has 3 rings (SSSR count). The molecule has 0 unspecified atom stereocenters. The number of anilines is 1. The molecule has 1 fully saturated rings. The van der Waals surface area contributed by atoms with Gasteiger partial charge in [-0.1, -0.05) is 17.7 Å². The van der Waals surface area contributed by atoms with Crippen molar-refractivity contribution in [3.63, 3.8) is 0 Å². The largest absolute Gasteiger partial charge is 0.312 e. The molecule has 1 saturated heterocycles. The van der Waals surface area contributed by atoms with Crippen molar-refractivity contribution in [1.29, 1.82) is 0 Å². The van der Waals surface area contributed by atoms with E-state index in [1.807, 2.05) is 31.2 Å². The van der Waals surface area contributed by atoms with Gasteiger partial charge in [0.15, 0.2) is 0 Å². The number of hydrogen-bond acceptors (Lipinski definition) is 5. The van der Waals surface area contributed by atoms with Crippen molar-refractivity contribution in [2.45, 2.75) is 13.3 Å². The molecule has 1 N–H and O–H groups in total. The number of aryl methyl sites for hydroxylation is 1. The standard InChI is InChI=1S/C19H18N4O4/c1-13-2-6-16(7-3-13)22-12-15(10-18(22)24)19(25)21-20-11-14-4-8-17(9-5-14)23(26)27/h2-9,11,15H,10,12H2,1H3,(H,21,25)/b20-11-/t15-/m0/s1. The summed E-state index contributed by atoms with van der Waals surface area (Å²) in [5.74, 6) is -0.915. The molecule has 0 spiro atoms. The maximum atomic E-state index is 12.3. The fourth-order valence-corrected chi connectivity index (χ4v) is 2.80. The fourth-order valence-electron chi connectivity index (χ4n) is 2.80. The predicted molar refractivity (Wildman–Crippen MR) is 100 cm³/mol. The summed E-state index contributed by atoms with van der Waals surface area (Å²) in [6, 6.07) is 13.4. The average molecular weight is 366 g/mol. The maximum absolute atomic E-state index is 12.3. The topological polar surface area (TPSA) is 105 Å². The number of amides is 2. The molecule has 2 amide bonds. The van der Waals surface area contributed by atoms with Crippen LogP contribution < -0.4 is 10.3 Å². The van der Waals surface area contributed by atoms with E-state index in [1.165, 1.54) is 30.5 Å². The first-order valence-electron chi connectivity index (χ1n) is 8.38. The minimum atomic E-state index is -0.487. The summed E-state index contributed by atoms with van der Waals surface area (Å²) in [6.45, 7) is 2.27. The highest BCUT2D eigenvalue weighted by molar-refractivity contribution is 6.00. The van der Waals surface area contributed by atoms with E-state index in [-0.39, 0.29) is 23.9 Å². The van der Waals surface area contributed by atoms with E-state index in [9.17, 15) is 19.7 Å². The van der Waals surface area contributed by atoms with E-state index < -0.39 is 10.8 Å². The molecule has 138 valence electrons. The van der Waals surface area contributed by atoms with Crippen LogP contribution in [0.2, 0.25) is 0 Å². The quantitative estimate of drug-likeness (QED) is 0.498. The van der Waals surface area contributed by atoms with Gasteiger partial charge >= 0.3 is 0 Å². The molecule has 1 aliphatic heterocycles. The summed E-state index contributed by atoms with van der Waals surface area (Å²) in [7, 11) is 0. The average Bonchev–Trinajstić information content (AvgIpc) is 3.04. The molecule has 1 atom stereocenters. The Hall–Kier alpha value is -3.55. The van der Waals surface area contributed by atoms with Gasteiger partial charge in [0.2, 0.25) is 11.8 Å². The Morgan fingerprint density at radius 3 is 2.52 bits per heavy atom. The molecule has 0 aliphatic carbocycles. The van der Waals surface area contributed by atoms with Crippen LogP contribution in [0.3, 0.4) is 0 Å². The second-order valence-corrected chi connectivity index (χ2v) is 6.32.